The molecule has 0 bridgehead atoms. The van der Waals surface area contributed by atoms with Crippen LogP contribution in [0.3, 0.4) is 0 Å². The Labute approximate surface area is 92.5 Å². The highest BCUT2D eigenvalue weighted by Gasteiger charge is 2.33. The summed E-state index contributed by atoms with van der Waals surface area (Å²) in [5, 5.41) is 14.4. The Balaban J connectivity index is 2.13. The molecule has 1 N–H and O–H groups in total. The standard InChI is InChI=1S/C10H11ClN2S/c11-9-4-8(6-14-9)5-10(7-12)2-1-3-13-10/h4,6,13H,1-3,5H2. The summed E-state index contributed by atoms with van der Waals surface area (Å²) < 4.78 is 0.797. The lowest BCUT2D eigenvalue weighted by molar-refractivity contribution is 0.481. The fourth-order valence-electron chi connectivity index (χ4n) is 1.88. The van der Waals surface area contributed by atoms with Crippen LogP contribution >= 0.6 is 22.9 Å². The summed E-state index contributed by atoms with van der Waals surface area (Å²) in [4.78, 5) is 0. The molecule has 0 aromatic carbocycles. The molecule has 0 radical (unpaired) electrons. The molecule has 2 nitrogen and oxygen atoms in total. The number of hydrogen-bond donors (Lipinski definition) is 1. The number of nitrogens with zero attached hydrogens (tertiary/aromatic N) is 1. The molecule has 0 saturated carbocycles. The fraction of sp³-hybridized carbons (Fsp3) is 0.500. The van der Waals surface area contributed by atoms with E-state index in [1.54, 1.807) is 0 Å². The van der Waals surface area contributed by atoms with Crippen LogP contribution in [0.15, 0.2) is 11.4 Å². The van der Waals surface area contributed by atoms with Crippen LogP contribution in [0.2, 0.25) is 4.34 Å². The molecule has 0 amide bonds. The average Bonchev–Trinajstić information content (AvgIpc) is 2.77. The van der Waals surface area contributed by atoms with Gasteiger partial charge in [-0.3, -0.25) is 5.32 Å². The monoisotopic (exact) mass is 226 g/mol. The van der Waals surface area contributed by atoms with E-state index in [1.165, 1.54) is 11.3 Å². The van der Waals surface area contributed by atoms with Crippen LogP contribution in [-0.4, -0.2) is 12.1 Å². The van der Waals surface area contributed by atoms with E-state index in [1.807, 2.05) is 11.4 Å². The van der Waals surface area contributed by atoms with Crippen molar-refractivity contribution < 1.29 is 0 Å². The van der Waals surface area contributed by atoms with Crippen molar-refractivity contribution >= 4 is 22.9 Å². The zero-order chi connectivity index (χ0) is 10.0. The van der Waals surface area contributed by atoms with Crippen LogP contribution in [0, 0.1) is 11.3 Å². The van der Waals surface area contributed by atoms with Crippen LogP contribution in [0.25, 0.3) is 0 Å². The minimum atomic E-state index is -0.343. The van der Waals surface area contributed by atoms with Crippen molar-refractivity contribution in [3.05, 3.63) is 21.3 Å². The Kier molecular flexibility index (Phi) is 2.78. The Morgan fingerprint density at radius 1 is 1.71 bits per heavy atom. The highest BCUT2D eigenvalue weighted by molar-refractivity contribution is 7.14. The summed E-state index contributed by atoms with van der Waals surface area (Å²) in [5.41, 5.74) is 0.820. The molecule has 1 fully saturated rings. The van der Waals surface area contributed by atoms with Crippen LogP contribution in [0.1, 0.15) is 18.4 Å². The summed E-state index contributed by atoms with van der Waals surface area (Å²) >= 11 is 7.37. The highest BCUT2D eigenvalue weighted by Crippen LogP contribution is 2.27. The summed E-state index contributed by atoms with van der Waals surface area (Å²) in [6.45, 7) is 0.950. The topological polar surface area (TPSA) is 35.8 Å². The van der Waals surface area contributed by atoms with Gasteiger partial charge in [-0.1, -0.05) is 11.6 Å². The van der Waals surface area contributed by atoms with Gasteiger partial charge < -0.3 is 0 Å². The lowest BCUT2D eigenvalue weighted by atomic mass is 9.92. The van der Waals surface area contributed by atoms with Gasteiger partial charge in [0, 0.05) is 6.42 Å². The molecule has 0 aliphatic carbocycles. The first kappa shape index (κ1) is 9.97. The van der Waals surface area contributed by atoms with E-state index in [2.05, 4.69) is 11.4 Å². The van der Waals surface area contributed by atoms with Crippen molar-refractivity contribution in [3.63, 3.8) is 0 Å². The molecule has 2 rings (SSSR count). The summed E-state index contributed by atoms with van der Waals surface area (Å²) in [7, 11) is 0. The minimum absolute atomic E-state index is 0.343. The first-order valence-electron chi connectivity index (χ1n) is 4.63. The molecule has 1 aliphatic heterocycles. The lowest BCUT2D eigenvalue weighted by Gasteiger charge is -2.19. The van der Waals surface area contributed by atoms with Crippen LogP contribution < -0.4 is 5.32 Å². The van der Waals surface area contributed by atoms with Gasteiger partial charge >= 0.3 is 0 Å². The number of nitriles is 1. The third kappa shape index (κ3) is 1.93. The van der Waals surface area contributed by atoms with Crippen molar-refractivity contribution in [2.75, 3.05) is 6.54 Å². The lowest BCUT2D eigenvalue weighted by Crippen LogP contribution is -2.40. The molecule has 1 aromatic heterocycles. The normalized spacial score (nSPS) is 26.3. The SMILES string of the molecule is N#CC1(Cc2csc(Cl)c2)CCCN1. The Morgan fingerprint density at radius 3 is 3.07 bits per heavy atom. The first-order valence-corrected chi connectivity index (χ1v) is 5.89. The number of rotatable bonds is 2. The van der Waals surface area contributed by atoms with E-state index in [0.29, 0.717) is 0 Å². The van der Waals surface area contributed by atoms with Gasteiger partial charge in [-0.15, -0.1) is 11.3 Å². The van der Waals surface area contributed by atoms with E-state index in [4.69, 9.17) is 16.9 Å². The largest absolute Gasteiger partial charge is 0.299 e. The van der Waals surface area contributed by atoms with E-state index < -0.39 is 0 Å². The van der Waals surface area contributed by atoms with Gasteiger partial charge in [-0.25, -0.2) is 0 Å². The molecule has 0 spiro atoms. The van der Waals surface area contributed by atoms with E-state index >= 15 is 0 Å². The number of halogens is 1. The fourth-order valence-corrected chi connectivity index (χ4v) is 2.79. The van der Waals surface area contributed by atoms with E-state index in [0.717, 1.165) is 35.7 Å². The molecule has 1 unspecified atom stereocenters. The van der Waals surface area contributed by atoms with Crippen molar-refractivity contribution in [2.45, 2.75) is 24.8 Å². The molecular weight excluding hydrogens is 216 g/mol. The number of nitrogens with one attached hydrogen (secondary N) is 1. The molecule has 1 saturated heterocycles. The van der Waals surface area contributed by atoms with Crippen molar-refractivity contribution in [2.24, 2.45) is 0 Å². The first-order chi connectivity index (χ1) is 6.74. The second-order valence-electron chi connectivity index (χ2n) is 3.66. The Bertz CT molecular complexity index is 360. The van der Waals surface area contributed by atoms with Gasteiger partial charge in [0.25, 0.3) is 0 Å². The summed E-state index contributed by atoms with van der Waals surface area (Å²) in [6, 6.07) is 4.34. The summed E-state index contributed by atoms with van der Waals surface area (Å²) in [6.07, 6.45) is 2.80. The van der Waals surface area contributed by atoms with Crippen molar-refractivity contribution in [1.29, 1.82) is 5.26 Å². The Hall–Kier alpha value is -0.560. The van der Waals surface area contributed by atoms with Gasteiger partial charge in [0.15, 0.2) is 0 Å². The minimum Gasteiger partial charge on any atom is -0.299 e. The van der Waals surface area contributed by atoms with E-state index in [9.17, 15) is 0 Å². The number of thiophene rings is 1. The molecule has 2 heterocycles. The maximum atomic E-state index is 9.14. The smallest absolute Gasteiger partial charge is 0.110 e. The van der Waals surface area contributed by atoms with Gasteiger partial charge in [0.2, 0.25) is 0 Å². The zero-order valence-electron chi connectivity index (χ0n) is 7.72. The third-order valence-electron chi connectivity index (χ3n) is 2.59. The van der Waals surface area contributed by atoms with Gasteiger partial charge in [-0.05, 0) is 36.4 Å². The van der Waals surface area contributed by atoms with Crippen LogP contribution in [0.4, 0.5) is 0 Å². The molecular formula is C10H11ClN2S. The molecule has 4 heteroatoms. The van der Waals surface area contributed by atoms with Gasteiger partial charge in [0.05, 0.1) is 10.4 Å². The molecule has 74 valence electrons. The second-order valence-corrected chi connectivity index (χ2v) is 5.20. The van der Waals surface area contributed by atoms with Gasteiger partial charge in [-0.2, -0.15) is 5.26 Å². The van der Waals surface area contributed by atoms with Gasteiger partial charge in [0.1, 0.15) is 5.54 Å². The molecule has 1 aliphatic rings. The van der Waals surface area contributed by atoms with E-state index in [-0.39, 0.29) is 5.54 Å². The molecule has 14 heavy (non-hydrogen) atoms. The number of hydrogen-bond acceptors (Lipinski definition) is 3. The quantitative estimate of drug-likeness (QED) is 0.842. The maximum absolute atomic E-state index is 9.14. The predicted octanol–water partition coefficient (Wildman–Crippen LogP) is 2.59. The molecule has 1 atom stereocenters. The molecule has 1 aromatic rings. The second kappa shape index (κ2) is 3.90. The predicted molar refractivity (Wildman–Crippen MR) is 58.6 cm³/mol. The third-order valence-corrected chi connectivity index (χ3v) is 3.73. The Morgan fingerprint density at radius 2 is 2.57 bits per heavy atom. The van der Waals surface area contributed by atoms with Crippen LogP contribution in [-0.2, 0) is 6.42 Å². The zero-order valence-corrected chi connectivity index (χ0v) is 9.29. The summed E-state index contributed by atoms with van der Waals surface area (Å²) in [5.74, 6) is 0. The average molecular weight is 227 g/mol. The van der Waals surface area contributed by atoms with Crippen molar-refractivity contribution in [1.82, 2.24) is 5.32 Å². The highest BCUT2D eigenvalue weighted by atomic mass is 35.5. The van der Waals surface area contributed by atoms with Crippen LogP contribution in [0.5, 0.6) is 0 Å². The maximum Gasteiger partial charge on any atom is 0.110 e. The van der Waals surface area contributed by atoms with Crippen molar-refractivity contribution in [3.8, 4) is 6.07 Å².